The van der Waals surface area contributed by atoms with Crippen LogP contribution in [0.15, 0.2) is 53.4 Å². The second-order valence-electron chi connectivity index (χ2n) is 9.62. The van der Waals surface area contributed by atoms with Crippen molar-refractivity contribution in [1.82, 2.24) is 4.31 Å². The van der Waals surface area contributed by atoms with E-state index in [1.807, 2.05) is 12.1 Å². The average Bonchev–Trinajstić information content (AvgIpc) is 2.83. The lowest BCUT2D eigenvalue weighted by molar-refractivity contribution is -0.152. The zero-order valence-electron chi connectivity index (χ0n) is 20.4. The topological polar surface area (TPSA) is 90.0 Å². The van der Waals surface area contributed by atoms with Crippen LogP contribution in [0.3, 0.4) is 0 Å². The highest BCUT2D eigenvalue weighted by Gasteiger charge is 2.34. The van der Waals surface area contributed by atoms with Gasteiger partial charge in [0.05, 0.1) is 17.9 Å². The van der Waals surface area contributed by atoms with E-state index >= 15 is 0 Å². The molecule has 8 heteroatoms. The number of methoxy groups -OCH3 is 1. The van der Waals surface area contributed by atoms with Crippen molar-refractivity contribution in [2.24, 2.45) is 5.92 Å². The van der Waals surface area contributed by atoms with E-state index in [4.69, 9.17) is 9.47 Å². The third-order valence-electron chi connectivity index (χ3n) is 6.18. The van der Waals surface area contributed by atoms with Gasteiger partial charge in [-0.1, -0.05) is 32.9 Å². The molecule has 1 saturated heterocycles. The zero-order chi connectivity index (χ0) is 25.1. The van der Waals surface area contributed by atoms with Gasteiger partial charge in [0, 0.05) is 18.7 Å². The quantitative estimate of drug-likeness (QED) is 0.429. The van der Waals surface area contributed by atoms with Crippen molar-refractivity contribution in [3.8, 4) is 5.75 Å². The third-order valence-corrected chi connectivity index (χ3v) is 8.09. The summed E-state index contributed by atoms with van der Waals surface area (Å²) in [5, 5.41) is 0. The number of hydrogen-bond donors (Lipinski definition) is 0. The van der Waals surface area contributed by atoms with Gasteiger partial charge in [0.25, 0.3) is 0 Å². The lowest BCUT2D eigenvalue weighted by atomic mass is 9.87. The van der Waals surface area contributed by atoms with Gasteiger partial charge in [-0.15, -0.1) is 0 Å². The largest absolute Gasteiger partial charge is 0.497 e. The SMILES string of the molecule is COc1ccc(C(=O)C(C)OC(=O)C2CCN(S(=O)(=O)c3ccc(C(C)(C)C)cc3)CC2)cc1. The van der Waals surface area contributed by atoms with E-state index in [0.717, 1.165) is 5.56 Å². The number of nitrogens with zero attached hydrogens (tertiary/aromatic N) is 1. The minimum absolute atomic E-state index is 0.0626. The summed E-state index contributed by atoms with van der Waals surface area (Å²) < 4.78 is 38.0. The lowest BCUT2D eigenvalue weighted by Crippen LogP contribution is -2.41. The van der Waals surface area contributed by atoms with E-state index in [-0.39, 0.29) is 29.2 Å². The molecule has 2 aromatic carbocycles. The van der Waals surface area contributed by atoms with Crippen LogP contribution in [0.25, 0.3) is 0 Å². The Bertz CT molecular complexity index is 1110. The monoisotopic (exact) mass is 487 g/mol. The Morgan fingerprint density at radius 2 is 1.53 bits per heavy atom. The van der Waals surface area contributed by atoms with Gasteiger partial charge >= 0.3 is 5.97 Å². The molecular weight excluding hydrogens is 454 g/mol. The van der Waals surface area contributed by atoms with Gasteiger partial charge in [0.15, 0.2) is 6.10 Å². The maximum atomic E-state index is 13.1. The first-order chi connectivity index (χ1) is 15.9. The van der Waals surface area contributed by atoms with Gasteiger partial charge in [0.2, 0.25) is 15.8 Å². The van der Waals surface area contributed by atoms with Gasteiger partial charge in [-0.05, 0) is 67.1 Å². The lowest BCUT2D eigenvalue weighted by Gasteiger charge is -2.30. The van der Waals surface area contributed by atoms with Gasteiger partial charge < -0.3 is 9.47 Å². The molecule has 7 nitrogen and oxygen atoms in total. The molecule has 1 aliphatic heterocycles. The van der Waals surface area contributed by atoms with E-state index < -0.39 is 28.0 Å². The summed E-state index contributed by atoms with van der Waals surface area (Å²) in [5.74, 6) is -0.579. The number of benzene rings is 2. The highest BCUT2D eigenvalue weighted by molar-refractivity contribution is 7.89. The van der Waals surface area contributed by atoms with Crippen molar-refractivity contribution >= 4 is 21.8 Å². The molecule has 34 heavy (non-hydrogen) atoms. The molecular formula is C26H33NO6S. The van der Waals surface area contributed by atoms with Gasteiger partial charge in [-0.25, -0.2) is 8.42 Å². The van der Waals surface area contributed by atoms with E-state index in [9.17, 15) is 18.0 Å². The van der Waals surface area contributed by atoms with Crippen LogP contribution in [-0.4, -0.2) is 50.8 Å². The third kappa shape index (κ3) is 5.85. The fourth-order valence-electron chi connectivity index (χ4n) is 3.92. The Hall–Kier alpha value is -2.71. The minimum atomic E-state index is -3.63. The molecule has 1 unspecified atom stereocenters. The van der Waals surface area contributed by atoms with Crippen molar-refractivity contribution in [3.63, 3.8) is 0 Å². The number of carbonyl (C=O) groups is 2. The number of ether oxygens (including phenoxy) is 2. The molecule has 1 fully saturated rings. The standard InChI is InChI=1S/C26H33NO6S/c1-18(24(28)19-6-10-22(32-5)11-7-19)33-25(29)20-14-16-27(17-15-20)34(30,31)23-12-8-21(9-13-23)26(2,3)4/h6-13,18,20H,14-17H2,1-5H3. The van der Waals surface area contributed by atoms with Crippen LogP contribution in [0, 0.1) is 5.92 Å². The minimum Gasteiger partial charge on any atom is -0.497 e. The van der Waals surface area contributed by atoms with E-state index in [0.29, 0.717) is 24.2 Å². The molecule has 0 bridgehead atoms. The molecule has 0 amide bonds. The molecule has 1 aliphatic rings. The molecule has 3 rings (SSSR count). The van der Waals surface area contributed by atoms with Gasteiger partial charge in [0.1, 0.15) is 5.75 Å². The van der Waals surface area contributed by atoms with Crippen LogP contribution in [0.2, 0.25) is 0 Å². The number of rotatable bonds is 7. The first-order valence-corrected chi connectivity index (χ1v) is 12.9. The second kappa shape index (κ2) is 10.3. The zero-order valence-corrected chi connectivity index (χ0v) is 21.2. The molecule has 0 spiro atoms. The molecule has 0 aliphatic carbocycles. The van der Waals surface area contributed by atoms with Crippen molar-refractivity contribution in [2.75, 3.05) is 20.2 Å². The summed E-state index contributed by atoms with van der Waals surface area (Å²) >= 11 is 0. The Kier molecular flexibility index (Phi) is 7.83. The van der Waals surface area contributed by atoms with Crippen molar-refractivity contribution in [2.45, 2.75) is 57.0 Å². The summed E-state index contributed by atoms with van der Waals surface area (Å²) in [6.07, 6.45) is -0.229. The highest BCUT2D eigenvalue weighted by atomic mass is 32.2. The fraction of sp³-hybridized carbons (Fsp3) is 0.462. The predicted octanol–water partition coefficient (Wildman–Crippen LogP) is 4.21. The van der Waals surface area contributed by atoms with Crippen LogP contribution in [0.5, 0.6) is 5.75 Å². The van der Waals surface area contributed by atoms with Crippen LogP contribution < -0.4 is 4.74 Å². The average molecular weight is 488 g/mol. The molecule has 1 atom stereocenters. The smallest absolute Gasteiger partial charge is 0.309 e. The maximum absolute atomic E-state index is 13.1. The van der Waals surface area contributed by atoms with Crippen molar-refractivity contribution in [1.29, 1.82) is 0 Å². The number of sulfonamides is 1. The van der Waals surface area contributed by atoms with Crippen molar-refractivity contribution < 1.29 is 27.5 Å². The molecule has 1 heterocycles. The summed E-state index contributed by atoms with van der Waals surface area (Å²) in [6.45, 7) is 8.22. The van der Waals surface area contributed by atoms with Crippen molar-refractivity contribution in [3.05, 3.63) is 59.7 Å². The van der Waals surface area contributed by atoms with Crippen LogP contribution in [-0.2, 0) is 25.0 Å². The fourth-order valence-corrected chi connectivity index (χ4v) is 5.39. The van der Waals surface area contributed by atoms with E-state index in [1.165, 1.54) is 4.31 Å². The summed E-state index contributed by atoms with van der Waals surface area (Å²) in [6, 6.07) is 13.6. The van der Waals surface area contributed by atoms with E-state index in [2.05, 4.69) is 20.8 Å². The molecule has 2 aromatic rings. The summed E-state index contributed by atoms with van der Waals surface area (Å²) in [7, 11) is -2.09. The van der Waals surface area contributed by atoms with Gasteiger partial charge in [-0.2, -0.15) is 4.31 Å². The number of ketones is 1. The molecule has 184 valence electrons. The number of Topliss-reactive ketones (excluding diaryl/α,β-unsaturated/α-hetero) is 1. The van der Waals surface area contributed by atoms with Crippen LogP contribution in [0.1, 0.15) is 56.5 Å². The maximum Gasteiger partial charge on any atom is 0.309 e. The number of hydrogen-bond acceptors (Lipinski definition) is 6. The Morgan fingerprint density at radius 3 is 2.03 bits per heavy atom. The number of carbonyl (C=O) groups excluding carboxylic acids is 2. The Balaban J connectivity index is 1.57. The summed E-state index contributed by atoms with van der Waals surface area (Å²) in [4.78, 5) is 25.5. The summed E-state index contributed by atoms with van der Waals surface area (Å²) in [5.41, 5.74) is 1.43. The van der Waals surface area contributed by atoms with Crippen LogP contribution >= 0.6 is 0 Å². The number of piperidine rings is 1. The molecule has 0 N–H and O–H groups in total. The Morgan fingerprint density at radius 1 is 0.971 bits per heavy atom. The first-order valence-electron chi connectivity index (χ1n) is 11.4. The molecule has 0 radical (unpaired) electrons. The van der Waals surface area contributed by atoms with Crippen LogP contribution in [0.4, 0.5) is 0 Å². The first kappa shape index (κ1) is 25.9. The second-order valence-corrected chi connectivity index (χ2v) is 11.6. The highest BCUT2D eigenvalue weighted by Crippen LogP contribution is 2.28. The molecule has 0 saturated carbocycles. The Labute approximate surface area is 202 Å². The molecule has 0 aromatic heterocycles. The normalized spacial score (nSPS) is 16.6. The van der Waals surface area contributed by atoms with Gasteiger partial charge in [-0.3, -0.25) is 9.59 Å². The predicted molar refractivity (Wildman–Crippen MR) is 130 cm³/mol. The number of esters is 1. The van der Waals surface area contributed by atoms with E-state index in [1.54, 1.807) is 50.4 Å².